The molecule has 0 bridgehead atoms. The molecule has 0 aromatic carbocycles. The highest BCUT2D eigenvalue weighted by Gasteiger charge is 2.11. The molecule has 98 valence electrons. The molecule has 6 heteroatoms. The number of aromatic amines is 1. The summed E-state index contributed by atoms with van der Waals surface area (Å²) in [6.45, 7) is 4.94. The molecular formula is C12H19N5O. The lowest BCUT2D eigenvalue weighted by atomic mass is 10.2. The number of nitrogens with zero attached hydrogens (tertiary/aromatic N) is 3. The van der Waals surface area contributed by atoms with E-state index in [0.717, 1.165) is 42.7 Å². The fourth-order valence-corrected chi connectivity index (χ4v) is 2.02. The average Bonchev–Trinajstić information content (AvgIpc) is 2.79. The van der Waals surface area contributed by atoms with Gasteiger partial charge in [0.2, 0.25) is 0 Å². The predicted octanol–water partition coefficient (Wildman–Crippen LogP) is 0.744. The first-order valence-corrected chi connectivity index (χ1v) is 6.16. The van der Waals surface area contributed by atoms with Crippen molar-refractivity contribution in [1.82, 2.24) is 19.9 Å². The SMILES string of the molecule is CCN(CCCO)Cc1c[nH]c2c(N)ncnc12. The van der Waals surface area contributed by atoms with Gasteiger partial charge in [-0.2, -0.15) is 0 Å². The Morgan fingerprint density at radius 3 is 3.00 bits per heavy atom. The number of anilines is 1. The molecule has 0 aliphatic heterocycles. The van der Waals surface area contributed by atoms with E-state index < -0.39 is 0 Å². The highest BCUT2D eigenvalue weighted by atomic mass is 16.3. The fraction of sp³-hybridized carbons (Fsp3) is 0.500. The minimum atomic E-state index is 0.222. The normalized spacial score (nSPS) is 11.5. The summed E-state index contributed by atoms with van der Waals surface area (Å²) < 4.78 is 0. The van der Waals surface area contributed by atoms with Crippen molar-refractivity contribution in [2.75, 3.05) is 25.4 Å². The lowest BCUT2D eigenvalue weighted by Gasteiger charge is -2.19. The number of nitrogens with two attached hydrogens (primary N) is 1. The zero-order chi connectivity index (χ0) is 13.0. The number of fused-ring (bicyclic) bond motifs is 1. The van der Waals surface area contributed by atoms with Gasteiger partial charge in [-0.1, -0.05) is 6.92 Å². The molecule has 0 spiro atoms. The van der Waals surface area contributed by atoms with Crippen LogP contribution in [-0.4, -0.2) is 44.7 Å². The van der Waals surface area contributed by atoms with Gasteiger partial charge >= 0.3 is 0 Å². The first-order valence-electron chi connectivity index (χ1n) is 6.16. The standard InChI is InChI=1S/C12H19N5O/c1-2-17(4-3-5-18)7-9-6-14-11-10(9)15-8-16-12(11)13/h6,8,14,18H,2-5,7H2,1H3,(H2,13,15,16). The van der Waals surface area contributed by atoms with E-state index in [2.05, 4.69) is 26.8 Å². The second kappa shape index (κ2) is 5.79. The molecule has 0 saturated carbocycles. The van der Waals surface area contributed by atoms with Gasteiger partial charge in [0.25, 0.3) is 0 Å². The van der Waals surface area contributed by atoms with Crippen molar-refractivity contribution >= 4 is 16.9 Å². The Kier molecular flexibility index (Phi) is 4.11. The zero-order valence-electron chi connectivity index (χ0n) is 10.6. The topological polar surface area (TPSA) is 91.1 Å². The van der Waals surface area contributed by atoms with Crippen LogP contribution in [0, 0.1) is 0 Å². The maximum absolute atomic E-state index is 8.87. The number of hydrogen-bond acceptors (Lipinski definition) is 5. The van der Waals surface area contributed by atoms with Gasteiger partial charge in [-0.05, 0) is 13.0 Å². The molecule has 0 aliphatic carbocycles. The van der Waals surface area contributed by atoms with E-state index in [0.29, 0.717) is 5.82 Å². The summed E-state index contributed by atoms with van der Waals surface area (Å²) in [5, 5.41) is 8.87. The number of hydrogen-bond donors (Lipinski definition) is 3. The van der Waals surface area contributed by atoms with Crippen molar-refractivity contribution in [3.8, 4) is 0 Å². The van der Waals surface area contributed by atoms with Gasteiger partial charge in [0.15, 0.2) is 5.82 Å². The molecule has 0 fully saturated rings. The fourth-order valence-electron chi connectivity index (χ4n) is 2.02. The first-order chi connectivity index (χ1) is 8.76. The summed E-state index contributed by atoms with van der Waals surface area (Å²) in [6, 6.07) is 0. The third kappa shape index (κ3) is 2.60. The second-order valence-electron chi connectivity index (χ2n) is 4.24. The van der Waals surface area contributed by atoms with Gasteiger partial charge in [0, 0.05) is 31.5 Å². The highest BCUT2D eigenvalue weighted by molar-refractivity contribution is 5.86. The van der Waals surface area contributed by atoms with Gasteiger partial charge in [-0.3, -0.25) is 4.90 Å². The molecule has 0 amide bonds. The molecule has 2 heterocycles. The Morgan fingerprint density at radius 2 is 2.28 bits per heavy atom. The smallest absolute Gasteiger partial charge is 0.151 e. The van der Waals surface area contributed by atoms with E-state index in [4.69, 9.17) is 10.8 Å². The Balaban J connectivity index is 2.18. The molecule has 2 aromatic heterocycles. The molecule has 0 radical (unpaired) electrons. The molecule has 6 nitrogen and oxygen atoms in total. The Morgan fingerprint density at radius 1 is 1.44 bits per heavy atom. The van der Waals surface area contributed by atoms with Crippen molar-refractivity contribution in [1.29, 1.82) is 0 Å². The summed E-state index contributed by atoms with van der Waals surface area (Å²) in [7, 11) is 0. The molecule has 4 N–H and O–H groups in total. The summed E-state index contributed by atoms with van der Waals surface area (Å²) in [5.41, 5.74) is 8.57. The van der Waals surface area contributed by atoms with Crippen LogP contribution in [0.3, 0.4) is 0 Å². The lowest BCUT2D eigenvalue weighted by Crippen LogP contribution is -2.24. The quantitative estimate of drug-likeness (QED) is 0.702. The van der Waals surface area contributed by atoms with Gasteiger partial charge < -0.3 is 15.8 Å². The molecule has 2 rings (SSSR count). The minimum Gasteiger partial charge on any atom is -0.396 e. The van der Waals surface area contributed by atoms with E-state index in [1.165, 1.54) is 6.33 Å². The molecule has 18 heavy (non-hydrogen) atoms. The Hall–Kier alpha value is -1.66. The van der Waals surface area contributed by atoms with E-state index in [1.807, 2.05) is 6.20 Å². The van der Waals surface area contributed by atoms with Crippen molar-refractivity contribution in [2.45, 2.75) is 19.9 Å². The summed E-state index contributed by atoms with van der Waals surface area (Å²) >= 11 is 0. The average molecular weight is 249 g/mol. The van der Waals surface area contributed by atoms with E-state index >= 15 is 0 Å². The third-order valence-electron chi connectivity index (χ3n) is 3.05. The van der Waals surface area contributed by atoms with E-state index in [-0.39, 0.29) is 6.61 Å². The molecule has 0 aliphatic rings. The van der Waals surface area contributed by atoms with Crippen LogP contribution in [-0.2, 0) is 6.54 Å². The number of rotatable bonds is 6. The van der Waals surface area contributed by atoms with Crippen molar-refractivity contribution in [3.05, 3.63) is 18.1 Å². The Labute approximate surface area is 106 Å². The van der Waals surface area contributed by atoms with Crippen LogP contribution in [0.1, 0.15) is 18.9 Å². The molecular weight excluding hydrogens is 230 g/mol. The lowest BCUT2D eigenvalue weighted by molar-refractivity contribution is 0.226. The van der Waals surface area contributed by atoms with Crippen molar-refractivity contribution in [2.24, 2.45) is 0 Å². The number of aromatic nitrogens is 3. The summed E-state index contributed by atoms with van der Waals surface area (Å²) in [6.07, 6.45) is 4.20. The zero-order valence-corrected chi connectivity index (χ0v) is 10.6. The number of nitrogen functional groups attached to an aromatic ring is 1. The first kappa shape index (κ1) is 12.8. The second-order valence-corrected chi connectivity index (χ2v) is 4.24. The maximum atomic E-state index is 8.87. The largest absolute Gasteiger partial charge is 0.396 e. The minimum absolute atomic E-state index is 0.222. The van der Waals surface area contributed by atoms with Gasteiger partial charge in [0.1, 0.15) is 11.8 Å². The van der Waals surface area contributed by atoms with Crippen molar-refractivity contribution in [3.63, 3.8) is 0 Å². The van der Waals surface area contributed by atoms with Crippen LogP contribution in [0.4, 0.5) is 5.82 Å². The van der Waals surface area contributed by atoms with Crippen LogP contribution in [0.25, 0.3) is 11.0 Å². The number of nitrogens with one attached hydrogen (secondary N) is 1. The number of aliphatic hydroxyl groups is 1. The Bertz CT molecular complexity index is 510. The molecule has 0 atom stereocenters. The van der Waals surface area contributed by atoms with Gasteiger partial charge in [-0.15, -0.1) is 0 Å². The third-order valence-corrected chi connectivity index (χ3v) is 3.05. The predicted molar refractivity (Wildman–Crippen MR) is 71.0 cm³/mol. The van der Waals surface area contributed by atoms with Gasteiger partial charge in [-0.25, -0.2) is 9.97 Å². The van der Waals surface area contributed by atoms with Crippen LogP contribution in [0.5, 0.6) is 0 Å². The maximum Gasteiger partial charge on any atom is 0.151 e. The molecule has 0 saturated heterocycles. The monoisotopic (exact) mass is 249 g/mol. The van der Waals surface area contributed by atoms with E-state index in [1.54, 1.807) is 0 Å². The number of H-pyrrole nitrogens is 1. The summed E-state index contributed by atoms with van der Waals surface area (Å²) in [4.78, 5) is 13.6. The highest BCUT2D eigenvalue weighted by Crippen LogP contribution is 2.20. The summed E-state index contributed by atoms with van der Waals surface area (Å²) in [5.74, 6) is 0.477. The van der Waals surface area contributed by atoms with Crippen LogP contribution < -0.4 is 5.73 Å². The molecule has 0 unspecified atom stereocenters. The van der Waals surface area contributed by atoms with Crippen LogP contribution in [0.2, 0.25) is 0 Å². The van der Waals surface area contributed by atoms with Crippen molar-refractivity contribution < 1.29 is 5.11 Å². The number of aliphatic hydroxyl groups excluding tert-OH is 1. The molecule has 2 aromatic rings. The van der Waals surface area contributed by atoms with Crippen LogP contribution in [0.15, 0.2) is 12.5 Å². The van der Waals surface area contributed by atoms with Crippen LogP contribution >= 0.6 is 0 Å². The van der Waals surface area contributed by atoms with Gasteiger partial charge in [0.05, 0.1) is 5.52 Å². The van der Waals surface area contributed by atoms with E-state index in [9.17, 15) is 0 Å².